The van der Waals surface area contributed by atoms with Gasteiger partial charge in [0, 0.05) is 11.9 Å². The third-order valence-corrected chi connectivity index (χ3v) is 3.76. The van der Waals surface area contributed by atoms with Crippen LogP contribution in [0, 0.1) is 6.92 Å². The Labute approximate surface area is 121 Å². The number of thiophene rings is 1. The van der Waals surface area contributed by atoms with Crippen molar-refractivity contribution in [3.05, 3.63) is 57.3 Å². The van der Waals surface area contributed by atoms with Gasteiger partial charge in [0.15, 0.2) is 0 Å². The fraction of sp³-hybridized carbons (Fsp3) is 0.200. The molecule has 0 aliphatic rings. The first-order valence-electron chi connectivity index (χ1n) is 6.10. The van der Waals surface area contributed by atoms with Gasteiger partial charge in [0.25, 0.3) is 5.91 Å². The molecule has 0 saturated heterocycles. The zero-order valence-corrected chi connectivity index (χ0v) is 12.1. The van der Waals surface area contributed by atoms with Crippen LogP contribution >= 0.6 is 11.3 Å². The van der Waals surface area contributed by atoms with Crippen LogP contribution < -0.4 is 5.32 Å². The summed E-state index contributed by atoms with van der Waals surface area (Å²) in [4.78, 5) is 23.4. The highest BCUT2D eigenvalue weighted by atomic mass is 32.1. The van der Waals surface area contributed by atoms with E-state index in [9.17, 15) is 9.59 Å². The van der Waals surface area contributed by atoms with Crippen LogP contribution in [0.1, 0.15) is 31.8 Å². The zero-order valence-electron chi connectivity index (χ0n) is 11.3. The van der Waals surface area contributed by atoms with Crippen molar-refractivity contribution in [1.82, 2.24) is 5.32 Å². The summed E-state index contributed by atoms with van der Waals surface area (Å²) in [6.45, 7) is 2.28. The molecule has 1 aromatic heterocycles. The summed E-state index contributed by atoms with van der Waals surface area (Å²) in [5, 5.41) is 6.61. The van der Waals surface area contributed by atoms with Crippen molar-refractivity contribution in [3.8, 4) is 0 Å². The van der Waals surface area contributed by atoms with E-state index in [0.29, 0.717) is 17.7 Å². The van der Waals surface area contributed by atoms with Crippen molar-refractivity contribution in [2.75, 3.05) is 7.11 Å². The average Bonchev–Trinajstić information content (AvgIpc) is 2.90. The van der Waals surface area contributed by atoms with Gasteiger partial charge in [-0.1, -0.05) is 12.1 Å². The fourth-order valence-corrected chi connectivity index (χ4v) is 2.62. The molecule has 0 atom stereocenters. The number of benzene rings is 1. The predicted octanol–water partition coefficient (Wildman–Crippen LogP) is 2.77. The highest BCUT2D eigenvalue weighted by molar-refractivity contribution is 7.08. The predicted molar refractivity (Wildman–Crippen MR) is 78.0 cm³/mol. The quantitative estimate of drug-likeness (QED) is 0.881. The Kier molecular flexibility index (Phi) is 4.53. The first-order valence-corrected chi connectivity index (χ1v) is 7.04. The van der Waals surface area contributed by atoms with Crippen molar-refractivity contribution in [2.24, 2.45) is 0 Å². The van der Waals surface area contributed by atoms with Crippen LogP contribution in [-0.4, -0.2) is 19.0 Å². The molecular weight excluding hydrogens is 274 g/mol. The molecule has 104 valence electrons. The maximum Gasteiger partial charge on any atom is 0.337 e. The summed E-state index contributed by atoms with van der Waals surface area (Å²) < 4.78 is 4.67. The molecular formula is C15H15NO3S. The number of esters is 1. The molecule has 1 heterocycles. The van der Waals surface area contributed by atoms with Crippen molar-refractivity contribution in [1.29, 1.82) is 0 Å². The molecule has 2 aromatic rings. The number of nitrogens with one attached hydrogen (secondary N) is 1. The van der Waals surface area contributed by atoms with E-state index in [2.05, 4.69) is 10.1 Å². The number of hydrogen-bond donors (Lipinski definition) is 1. The van der Waals surface area contributed by atoms with Gasteiger partial charge in [-0.3, -0.25) is 4.79 Å². The zero-order chi connectivity index (χ0) is 14.5. The third kappa shape index (κ3) is 3.24. The van der Waals surface area contributed by atoms with Crippen molar-refractivity contribution < 1.29 is 14.3 Å². The average molecular weight is 289 g/mol. The van der Waals surface area contributed by atoms with Crippen LogP contribution in [0.5, 0.6) is 0 Å². The number of amides is 1. The highest BCUT2D eigenvalue weighted by Crippen LogP contribution is 2.13. The van der Waals surface area contributed by atoms with E-state index in [1.165, 1.54) is 18.4 Å². The second-order valence-electron chi connectivity index (χ2n) is 4.34. The molecule has 4 nitrogen and oxygen atoms in total. The Hall–Kier alpha value is -2.14. The van der Waals surface area contributed by atoms with E-state index >= 15 is 0 Å². The Morgan fingerprint density at radius 3 is 2.75 bits per heavy atom. The number of aryl methyl sites for hydroxylation is 1. The van der Waals surface area contributed by atoms with Gasteiger partial charge in [-0.25, -0.2) is 4.79 Å². The minimum Gasteiger partial charge on any atom is -0.465 e. The molecule has 20 heavy (non-hydrogen) atoms. The molecule has 0 saturated carbocycles. The molecule has 0 bridgehead atoms. The Bertz CT molecular complexity index is 634. The number of rotatable bonds is 4. The number of hydrogen-bond acceptors (Lipinski definition) is 4. The van der Waals surface area contributed by atoms with Crippen LogP contribution in [-0.2, 0) is 11.3 Å². The molecule has 0 spiro atoms. The number of carbonyl (C=O) groups is 2. The fourth-order valence-electron chi connectivity index (χ4n) is 1.80. The van der Waals surface area contributed by atoms with Crippen LogP contribution in [0.25, 0.3) is 0 Å². The summed E-state index contributed by atoms with van der Waals surface area (Å²) in [6.07, 6.45) is 0. The summed E-state index contributed by atoms with van der Waals surface area (Å²) in [5.74, 6) is -0.487. The maximum absolute atomic E-state index is 12.0. The minimum atomic E-state index is -0.383. The lowest BCUT2D eigenvalue weighted by Crippen LogP contribution is -2.23. The second-order valence-corrected chi connectivity index (χ2v) is 5.09. The lowest BCUT2D eigenvalue weighted by Gasteiger charge is -2.06. The molecule has 2 rings (SSSR count). The van der Waals surface area contributed by atoms with Crippen LogP contribution in [0.3, 0.4) is 0 Å². The minimum absolute atomic E-state index is 0.104. The number of carbonyl (C=O) groups excluding carboxylic acids is 2. The molecule has 1 amide bonds. The summed E-state index contributed by atoms with van der Waals surface area (Å²) in [7, 11) is 1.34. The van der Waals surface area contributed by atoms with Crippen LogP contribution in [0.2, 0.25) is 0 Å². The summed E-state index contributed by atoms with van der Waals surface area (Å²) in [5.41, 5.74) is 3.00. The molecule has 1 N–H and O–H groups in total. The highest BCUT2D eigenvalue weighted by Gasteiger charge is 2.10. The lowest BCUT2D eigenvalue weighted by molar-refractivity contribution is 0.0600. The number of methoxy groups -OCH3 is 1. The molecule has 0 radical (unpaired) electrons. The van der Waals surface area contributed by atoms with Crippen molar-refractivity contribution >= 4 is 23.2 Å². The lowest BCUT2D eigenvalue weighted by atomic mass is 10.1. The molecule has 5 heteroatoms. The Morgan fingerprint density at radius 1 is 1.30 bits per heavy atom. The summed E-state index contributed by atoms with van der Waals surface area (Å²) >= 11 is 1.50. The maximum atomic E-state index is 12.0. The van der Waals surface area contributed by atoms with E-state index in [1.54, 1.807) is 18.2 Å². The van der Waals surface area contributed by atoms with Crippen LogP contribution in [0.4, 0.5) is 0 Å². The molecule has 1 aromatic carbocycles. The van der Waals surface area contributed by atoms with E-state index in [-0.39, 0.29) is 11.9 Å². The van der Waals surface area contributed by atoms with Gasteiger partial charge >= 0.3 is 5.97 Å². The van der Waals surface area contributed by atoms with Gasteiger partial charge in [0.1, 0.15) is 0 Å². The van der Waals surface area contributed by atoms with E-state index in [4.69, 9.17) is 0 Å². The Balaban J connectivity index is 2.03. The van der Waals surface area contributed by atoms with Gasteiger partial charge in [-0.05, 0) is 35.6 Å². The van der Waals surface area contributed by atoms with Gasteiger partial charge in [-0.15, -0.1) is 0 Å². The topological polar surface area (TPSA) is 55.4 Å². The molecule has 0 fully saturated rings. The molecule has 0 aliphatic carbocycles. The number of ether oxygens (including phenoxy) is 1. The first-order chi connectivity index (χ1) is 9.61. The normalized spacial score (nSPS) is 10.1. The SMILES string of the molecule is COC(=O)c1cccc(CNC(=O)c2cscc2C)c1. The smallest absolute Gasteiger partial charge is 0.337 e. The Morgan fingerprint density at radius 2 is 2.10 bits per heavy atom. The third-order valence-electron chi connectivity index (χ3n) is 2.90. The van der Waals surface area contributed by atoms with Crippen molar-refractivity contribution in [3.63, 3.8) is 0 Å². The second kappa shape index (κ2) is 6.34. The molecule has 0 unspecified atom stereocenters. The standard InChI is InChI=1S/C15H15NO3S/c1-10-8-20-9-13(10)14(17)16-7-11-4-3-5-12(6-11)15(18)19-2/h3-6,8-9H,7H2,1-2H3,(H,16,17). The first kappa shape index (κ1) is 14.3. The van der Waals surface area contributed by atoms with Gasteiger partial charge in [0.05, 0.1) is 18.2 Å². The summed E-state index contributed by atoms with van der Waals surface area (Å²) in [6, 6.07) is 7.02. The van der Waals surface area contributed by atoms with E-state index in [0.717, 1.165) is 11.1 Å². The van der Waals surface area contributed by atoms with Gasteiger partial charge < -0.3 is 10.1 Å². The molecule has 0 aliphatic heterocycles. The monoisotopic (exact) mass is 289 g/mol. The van der Waals surface area contributed by atoms with Crippen LogP contribution in [0.15, 0.2) is 35.0 Å². The van der Waals surface area contributed by atoms with E-state index in [1.807, 2.05) is 23.8 Å². The van der Waals surface area contributed by atoms with Gasteiger partial charge in [0.2, 0.25) is 0 Å². The van der Waals surface area contributed by atoms with E-state index < -0.39 is 0 Å². The van der Waals surface area contributed by atoms with Crippen molar-refractivity contribution in [2.45, 2.75) is 13.5 Å². The largest absolute Gasteiger partial charge is 0.465 e. The van der Waals surface area contributed by atoms with Gasteiger partial charge in [-0.2, -0.15) is 11.3 Å².